The molecule has 0 N–H and O–H groups in total. The summed E-state index contributed by atoms with van der Waals surface area (Å²) in [5.41, 5.74) is 1.01. The average Bonchev–Trinajstić information content (AvgIpc) is 2.53. The molecule has 4 heteroatoms. The third-order valence-electron chi connectivity index (χ3n) is 5.20. The molecule has 1 aliphatic carbocycles. The van der Waals surface area contributed by atoms with Crippen LogP contribution in [0.3, 0.4) is 0 Å². The molecule has 0 bridgehead atoms. The highest BCUT2D eigenvalue weighted by molar-refractivity contribution is 9.11. The lowest BCUT2D eigenvalue weighted by Crippen LogP contribution is -2.26. The van der Waals surface area contributed by atoms with Gasteiger partial charge >= 0.3 is 5.97 Å². The normalized spacial score (nSPS) is 24.0. The lowest BCUT2D eigenvalue weighted by atomic mass is 9.75. The number of hydrogen-bond acceptors (Lipinski definition) is 2. The van der Waals surface area contributed by atoms with Gasteiger partial charge in [-0.25, -0.2) is 0 Å². The van der Waals surface area contributed by atoms with Crippen LogP contribution in [-0.4, -0.2) is 5.97 Å². The van der Waals surface area contributed by atoms with Crippen molar-refractivity contribution in [3.63, 3.8) is 0 Å². The quantitative estimate of drug-likeness (QED) is 0.473. The molecule has 1 aliphatic rings. The van der Waals surface area contributed by atoms with E-state index in [1.54, 1.807) is 0 Å². The minimum atomic E-state index is -0.219. The van der Waals surface area contributed by atoms with Gasteiger partial charge in [0.1, 0.15) is 6.10 Å². The predicted molar refractivity (Wildman–Crippen MR) is 101 cm³/mol. The fraction of sp³-hybridized carbons (Fsp3) is 0.632. The Bertz CT molecular complexity index is 516. The zero-order valence-corrected chi connectivity index (χ0v) is 17.3. The second kappa shape index (κ2) is 8.66. The molecule has 128 valence electrons. The molecule has 2 nitrogen and oxygen atoms in total. The third-order valence-corrected chi connectivity index (χ3v) is 6.12. The average molecular weight is 446 g/mol. The summed E-state index contributed by atoms with van der Waals surface area (Å²) in [7, 11) is 0. The van der Waals surface area contributed by atoms with E-state index in [2.05, 4.69) is 45.7 Å². The summed E-state index contributed by atoms with van der Waals surface area (Å²) in [4.78, 5) is 12.5. The number of esters is 1. The highest BCUT2D eigenvalue weighted by atomic mass is 79.9. The first kappa shape index (κ1) is 19.0. The third kappa shape index (κ3) is 5.32. The van der Waals surface area contributed by atoms with Crippen LogP contribution in [0.1, 0.15) is 64.5 Å². The summed E-state index contributed by atoms with van der Waals surface area (Å²) in [5.74, 6) is 1.59. The molecule has 2 atom stereocenters. The molecule has 0 radical (unpaired) electrons. The van der Waals surface area contributed by atoms with Gasteiger partial charge in [-0.05, 0) is 68.2 Å². The Kier molecular flexibility index (Phi) is 7.15. The van der Waals surface area contributed by atoms with Crippen molar-refractivity contribution in [2.24, 2.45) is 17.8 Å². The van der Waals surface area contributed by atoms with Crippen LogP contribution in [0.25, 0.3) is 0 Å². The molecular formula is C19H26Br2O2. The van der Waals surface area contributed by atoms with Crippen LogP contribution in [0.2, 0.25) is 0 Å². The van der Waals surface area contributed by atoms with E-state index in [1.807, 2.05) is 25.1 Å². The summed E-state index contributed by atoms with van der Waals surface area (Å²) in [6, 6.07) is 5.99. The molecule has 0 heterocycles. The maximum absolute atomic E-state index is 12.5. The number of ether oxygens (including phenoxy) is 1. The van der Waals surface area contributed by atoms with Crippen LogP contribution in [0.4, 0.5) is 0 Å². The monoisotopic (exact) mass is 444 g/mol. The Labute approximate surface area is 156 Å². The molecule has 0 spiro atoms. The van der Waals surface area contributed by atoms with E-state index in [0.29, 0.717) is 0 Å². The lowest BCUT2D eigenvalue weighted by molar-refractivity contribution is -0.155. The molecule has 1 aromatic rings. The number of rotatable bonds is 5. The lowest BCUT2D eigenvalue weighted by Gasteiger charge is -2.31. The van der Waals surface area contributed by atoms with Crippen LogP contribution < -0.4 is 0 Å². The Morgan fingerprint density at radius 1 is 1.13 bits per heavy atom. The number of benzene rings is 1. The molecule has 1 saturated carbocycles. The molecule has 1 fully saturated rings. The number of halogens is 2. The molecular weight excluding hydrogens is 420 g/mol. The first-order valence-corrected chi connectivity index (χ1v) is 10.2. The molecule has 0 aliphatic heterocycles. The van der Waals surface area contributed by atoms with Crippen LogP contribution in [0, 0.1) is 17.8 Å². The molecule has 1 aromatic carbocycles. The van der Waals surface area contributed by atoms with Gasteiger partial charge in [0.05, 0.1) is 5.92 Å². The Hall–Kier alpha value is -0.350. The van der Waals surface area contributed by atoms with Crippen molar-refractivity contribution >= 4 is 37.8 Å². The van der Waals surface area contributed by atoms with E-state index >= 15 is 0 Å². The van der Waals surface area contributed by atoms with Gasteiger partial charge in [0, 0.05) is 8.95 Å². The minimum absolute atomic E-state index is 0.0313. The summed E-state index contributed by atoms with van der Waals surface area (Å²) < 4.78 is 7.70. The maximum Gasteiger partial charge on any atom is 0.309 e. The second-order valence-corrected chi connectivity index (χ2v) is 8.61. The standard InChI is InChI=1S/C19H26Br2O2/c1-4-12(2)14-5-7-15(8-6-14)19(22)23-13(3)16-9-17(20)11-18(21)10-16/h9-15H,4-8H2,1-3H3. The topological polar surface area (TPSA) is 26.3 Å². The highest BCUT2D eigenvalue weighted by Crippen LogP contribution is 2.36. The Morgan fingerprint density at radius 2 is 1.70 bits per heavy atom. The van der Waals surface area contributed by atoms with Crippen molar-refractivity contribution in [2.45, 2.75) is 59.0 Å². The molecule has 23 heavy (non-hydrogen) atoms. The molecule has 0 saturated heterocycles. The first-order chi connectivity index (χ1) is 10.9. The number of carbonyl (C=O) groups is 1. The van der Waals surface area contributed by atoms with Crippen molar-refractivity contribution in [1.82, 2.24) is 0 Å². The van der Waals surface area contributed by atoms with Crippen molar-refractivity contribution < 1.29 is 9.53 Å². The van der Waals surface area contributed by atoms with E-state index in [0.717, 1.165) is 52.0 Å². The number of carbonyl (C=O) groups excluding carboxylic acids is 1. The molecule has 2 unspecified atom stereocenters. The second-order valence-electron chi connectivity index (χ2n) is 6.78. The fourth-order valence-electron chi connectivity index (χ4n) is 3.41. The van der Waals surface area contributed by atoms with E-state index in [-0.39, 0.29) is 18.0 Å². The van der Waals surface area contributed by atoms with Crippen molar-refractivity contribution in [3.05, 3.63) is 32.7 Å². The molecule has 0 aromatic heterocycles. The summed E-state index contributed by atoms with van der Waals surface area (Å²) in [6.07, 6.45) is 5.28. The van der Waals surface area contributed by atoms with E-state index in [4.69, 9.17) is 4.74 Å². The van der Waals surface area contributed by atoms with Crippen LogP contribution >= 0.6 is 31.9 Å². The highest BCUT2D eigenvalue weighted by Gasteiger charge is 2.30. The van der Waals surface area contributed by atoms with Gasteiger partial charge in [0.25, 0.3) is 0 Å². The largest absolute Gasteiger partial charge is 0.458 e. The van der Waals surface area contributed by atoms with Gasteiger partial charge in [0.15, 0.2) is 0 Å². The smallest absolute Gasteiger partial charge is 0.309 e. The van der Waals surface area contributed by atoms with E-state index in [9.17, 15) is 4.79 Å². The van der Waals surface area contributed by atoms with Gasteiger partial charge in [0.2, 0.25) is 0 Å². The molecule has 2 rings (SSSR count). The van der Waals surface area contributed by atoms with Gasteiger partial charge in [-0.3, -0.25) is 4.79 Å². The molecule has 0 amide bonds. The summed E-state index contributed by atoms with van der Waals surface area (Å²) in [6.45, 7) is 6.52. The zero-order valence-electron chi connectivity index (χ0n) is 14.1. The Morgan fingerprint density at radius 3 is 2.22 bits per heavy atom. The SMILES string of the molecule is CCC(C)C1CCC(C(=O)OC(C)c2cc(Br)cc(Br)c2)CC1. The van der Waals surface area contributed by atoms with Gasteiger partial charge in [-0.1, -0.05) is 52.1 Å². The van der Waals surface area contributed by atoms with Crippen molar-refractivity contribution in [1.29, 1.82) is 0 Å². The van der Waals surface area contributed by atoms with Gasteiger partial charge in [-0.2, -0.15) is 0 Å². The van der Waals surface area contributed by atoms with E-state index in [1.165, 1.54) is 6.42 Å². The van der Waals surface area contributed by atoms with Gasteiger partial charge in [-0.15, -0.1) is 0 Å². The van der Waals surface area contributed by atoms with E-state index < -0.39 is 0 Å². The predicted octanol–water partition coefficient (Wildman–Crippen LogP) is 6.67. The van der Waals surface area contributed by atoms with Crippen LogP contribution in [-0.2, 0) is 9.53 Å². The number of hydrogen-bond donors (Lipinski definition) is 0. The summed E-state index contributed by atoms with van der Waals surface area (Å²) in [5, 5.41) is 0. The first-order valence-electron chi connectivity index (χ1n) is 8.57. The van der Waals surface area contributed by atoms with Crippen molar-refractivity contribution in [2.75, 3.05) is 0 Å². The van der Waals surface area contributed by atoms with Crippen molar-refractivity contribution in [3.8, 4) is 0 Å². The van der Waals surface area contributed by atoms with Crippen LogP contribution in [0.15, 0.2) is 27.1 Å². The fourth-order valence-corrected chi connectivity index (χ4v) is 4.73. The minimum Gasteiger partial charge on any atom is -0.458 e. The van der Waals surface area contributed by atoms with Gasteiger partial charge < -0.3 is 4.74 Å². The maximum atomic E-state index is 12.5. The zero-order chi connectivity index (χ0) is 17.0. The Balaban J connectivity index is 1.89. The van der Waals surface area contributed by atoms with Crippen LogP contribution in [0.5, 0.6) is 0 Å². The summed E-state index contributed by atoms with van der Waals surface area (Å²) >= 11 is 6.96.